The molecular weight excluding hydrogens is 324 g/mol. The van der Waals surface area contributed by atoms with Crippen molar-refractivity contribution in [2.45, 2.75) is 20.8 Å². The minimum absolute atomic E-state index is 0.449. The van der Waals surface area contributed by atoms with Crippen molar-refractivity contribution in [3.8, 4) is 0 Å². The van der Waals surface area contributed by atoms with E-state index in [1.807, 2.05) is 43.3 Å². The van der Waals surface area contributed by atoms with E-state index < -0.39 is 0 Å². The second kappa shape index (κ2) is 7.89. The first kappa shape index (κ1) is 17.2. The summed E-state index contributed by atoms with van der Waals surface area (Å²) in [4.78, 5) is 0. The van der Waals surface area contributed by atoms with E-state index in [2.05, 4.69) is 41.4 Å². The van der Waals surface area contributed by atoms with Crippen LogP contribution < -0.4 is 21.5 Å². The molecule has 0 heterocycles. The van der Waals surface area contributed by atoms with Crippen LogP contribution in [0.1, 0.15) is 16.7 Å². The number of thiocarbonyl (C=S) groups is 2. The van der Waals surface area contributed by atoms with Crippen molar-refractivity contribution in [2.24, 2.45) is 0 Å². The molecule has 0 aliphatic rings. The lowest BCUT2D eigenvalue weighted by Gasteiger charge is -2.16. The van der Waals surface area contributed by atoms with Gasteiger partial charge in [-0.05, 0) is 74.0 Å². The Kier molecular flexibility index (Phi) is 5.90. The van der Waals surface area contributed by atoms with Crippen LogP contribution >= 0.6 is 24.4 Å². The van der Waals surface area contributed by atoms with Gasteiger partial charge in [-0.25, -0.2) is 0 Å². The smallest absolute Gasteiger partial charge is 0.189 e. The maximum atomic E-state index is 5.28. The van der Waals surface area contributed by atoms with Crippen LogP contribution in [0.3, 0.4) is 0 Å². The van der Waals surface area contributed by atoms with Crippen molar-refractivity contribution in [1.82, 2.24) is 10.9 Å². The molecule has 0 unspecified atom stereocenters. The molecule has 0 aromatic heterocycles. The fourth-order valence-corrected chi connectivity index (χ4v) is 2.34. The molecular formula is C17H20N4S2. The summed E-state index contributed by atoms with van der Waals surface area (Å²) in [5, 5.41) is 7.17. The highest BCUT2D eigenvalue weighted by Gasteiger charge is 2.04. The zero-order valence-corrected chi connectivity index (χ0v) is 15.0. The number of nitrogens with one attached hydrogen (secondary N) is 4. The topological polar surface area (TPSA) is 48.1 Å². The zero-order chi connectivity index (χ0) is 16.8. The van der Waals surface area contributed by atoms with Gasteiger partial charge in [-0.2, -0.15) is 0 Å². The van der Waals surface area contributed by atoms with Crippen molar-refractivity contribution in [3.05, 3.63) is 59.2 Å². The molecule has 4 nitrogen and oxygen atoms in total. The average molecular weight is 345 g/mol. The van der Waals surface area contributed by atoms with Gasteiger partial charge < -0.3 is 10.6 Å². The number of hydrogen-bond donors (Lipinski definition) is 4. The number of aryl methyl sites for hydroxylation is 2. The van der Waals surface area contributed by atoms with Crippen LogP contribution in [0.25, 0.3) is 0 Å². The van der Waals surface area contributed by atoms with Crippen LogP contribution in [0.4, 0.5) is 11.4 Å². The predicted molar refractivity (Wildman–Crippen MR) is 106 cm³/mol. The van der Waals surface area contributed by atoms with E-state index in [1.165, 1.54) is 5.56 Å². The highest BCUT2D eigenvalue weighted by molar-refractivity contribution is 7.81. The maximum Gasteiger partial charge on any atom is 0.189 e. The van der Waals surface area contributed by atoms with Crippen molar-refractivity contribution < 1.29 is 0 Å². The number of anilines is 2. The predicted octanol–water partition coefficient (Wildman–Crippen LogP) is 3.80. The lowest BCUT2D eigenvalue weighted by molar-refractivity contribution is 0.885. The molecule has 0 amide bonds. The van der Waals surface area contributed by atoms with Gasteiger partial charge in [-0.1, -0.05) is 30.3 Å². The second-order valence-electron chi connectivity index (χ2n) is 5.22. The van der Waals surface area contributed by atoms with Crippen molar-refractivity contribution in [1.29, 1.82) is 0 Å². The molecule has 23 heavy (non-hydrogen) atoms. The second-order valence-corrected chi connectivity index (χ2v) is 6.04. The average Bonchev–Trinajstić information content (AvgIpc) is 2.52. The first-order chi connectivity index (χ1) is 11.0. The van der Waals surface area contributed by atoms with E-state index in [1.54, 1.807) is 0 Å². The highest BCUT2D eigenvalue weighted by Crippen LogP contribution is 2.17. The molecule has 4 N–H and O–H groups in total. The van der Waals surface area contributed by atoms with E-state index in [4.69, 9.17) is 24.4 Å². The molecule has 0 atom stereocenters. The summed E-state index contributed by atoms with van der Waals surface area (Å²) in [7, 11) is 0. The van der Waals surface area contributed by atoms with Gasteiger partial charge in [-0.3, -0.25) is 10.9 Å². The van der Waals surface area contributed by atoms with Crippen LogP contribution in [0.15, 0.2) is 42.5 Å². The third-order valence-electron chi connectivity index (χ3n) is 3.54. The Balaban J connectivity index is 1.86. The Morgan fingerprint density at radius 2 is 1.22 bits per heavy atom. The van der Waals surface area contributed by atoms with Crippen LogP contribution in [0, 0.1) is 20.8 Å². The lowest BCUT2D eigenvalue weighted by Crippen LogP contribution is -2.45. The first-order valence-electron chi connectivity index (χ1n) is 7.23. The van der Waals surface area contributed by atoms with Gasteiger partial charge in [0, 0.05) is 11.4 Å². The zero-order valence-electron chi connectivity index (χ0n) is 13.4. The van der Waals surface area contributed by atoms with Gasteiger partial charge in [0.25, 0.3) is 0 Å². The van der Waals surface area contributed by atoms with Crippen LogP contribution in [0.2, 0.25) is 0 Å². The molecule has 2 aromatic carbocycles. The summed E-state index contributed by atoms with van der Waals surface area (Å²) >= 11 is 10.5. The Hall–Kier alpha value is -2.18. The van der Waals surface area contributed by atoms with E-state index in [0.29, 0.717) is 10.2 Å². The summed E-state index contributed by atoms with van der Waals surface area (Å²) < 4.78 is 0. The summed E-state index contributed by atoms with van der Waals surface area (Å²) in [6.45, 7) is 6.14. The minimum Gasteiger partial charge on any atom is -0.331 e. The number of hydrogen-bond acceptors (Lipinski definition) is 2. The quantitative estimate of drug-likeness (QED) is 0.491. The Morgan fingerprint density at radius 1 is 0.696 bits per heavy atom. The molecule has 0 fully saturated rings. The van der Waals surface area contributed by atoms with E-state index in [9.17, 15) is 0 Å². The first-order valence-corrected chi connectivity index (χ1v) is 8.05. The SMILES string of the molecule is Cc1ccccc1NC(=S)NNC(=S)Nc1cccc(C)c1C. The standard InChI is InChI=1S/C17H20N4S2/c1-11-8-6-10-15(13(11)3)19-17(23)21-20-16(22)18-14-9-5-4-7-12(14)2/h4-10H,1-3H3,(H2,18,20,22)(H2,19,21,23). The highest BCUT2D eigenvalue weighted by atomic mass is 32.1. The third-order valence-corrected chi connectivity index (χ3v) is 3.94. The van der Waals surface area contributed by atoms with E-state index >= 15 is 0 Å². The monoisotopic (exact) mass is 344 g/mol. The van der Waals surface area contributed by atoms with E-state index in [0.717, 1.165) is 22.5 Å². The molecule has 2 aromatic rings. The Morgan fingerprint density at radius 3 is 1.87 bits per heavy atom. The molecule has 0 saturated heterocycles. The molecule has 6 heteroatoms. The summed E-state index contributed by atoms with van der Waals surface area (Å²) in [5.74, 6) is 0. The van der Waals surface area contributed by atoms with Gasteiger partial charge in [0.05, 0.1) is 0 Å². The summed E-state index contributed by atoms with van der Waals surface area (Å²) in [6.07, 6.45) is 0. The Bertz CT molecular complexity index is 728. The maximum absolute atomic E-state index is 5.28. The summed E-state index contributed by atoms with van der Waals surface area (Å²) in [6, 6.07) is 14.0. The molecule has 0 spiro atoms. The number of rotatable bonds is 2. The number of benzene rings is 2. The van der Waals surface area contributed by atoms with Crippen molar-refractivity contribution >= 4 is 46.0 Å². The third kappa shape index (κ3) is 4.91. The van der Waals surface area contributed by atoms with Gasteiger partial charge in [0.15, 0.2) is 10.2 Å². The molecule has 0 aliphatic carbocycles. The lowest BCUT2D eigenvalue weighted by atomic mass is 10.1. The molecule has 0 radical (unpaired) electrons. The minimum atomic E-state index is 0.449. The summed E-state index contributed by atoms with van der Waals surface area (Å²) in [5.41, 5.74) is 11.2. The Labute approximate surface area is 147 Å². The molecule has 0 aliphatic heterocycles. The largest absolute Gasteiger partial charge is 0.331 e. The van der Waals surface area contributed by atoms with Gasteiger partial charge in [0.2, 0.25) is 0 Å². The van der Waals surface area contributed by atoms with Gasteiger partial charge in [0.1, 0.15) is 0 Å². The molecule has 120 valence electrons. The molecule has 0 saturated carbocycles. The van der Waals surface area contributed by atoms with Gasteiger partial charge in [-0.15, -0.1) is 0 Å². The van der Waals surface area contributed by atoms with Crippen LogP contribution in [-0.4, -0.2) is 10.2 Å². The van der Waals surface area contributed by atoms with Crippen molar-refractivity contribution in [3.63, 3.8) is 0 Å². The van der Waals surface area contributed by atoms with E-state index in [-0.39, 0.29) is 0 Å². The fourth-order valence-electron chi connectivity index (χ4n) is 2.02. The van der Waals surface area contributed by atoms with Gasteiger partial charge >= 0.3 is 0 Å². The fraction of sp³-hybridized carbons (Fsp3) is 0.176. The normalized spacial score (nSPS) is 9.87. The number of para-hydroxylation sites is 1. The van der Waals surface area contributed by atoms with Crippen LogP contribution in [-0.2, 0) is 0 Å². The van der Waals surface area contributed by atoms with Crippen LogP contribution in [0.5, 0.6) is 0 Å². The molecule has 2 rings (SSSR count). The molecule has 0 bridgehead atoms. The van der Waals surface area contributed by atoms with Crippen molar-refractivity contribution in [2.75, 3.05) is 10.6 Å². The number of hydrazine groups is 1.